The predicted octanol–water partition coefficient (Wildman–Crippen LogP) is 2.03. The summed E-state index contributed by atoms with van der Waals surface area (Å²) in [5, 5.41) is 2.85. The highest BCUT2D eigenvalue weighted by Crippen LogP contribution is 2.16. The van der Waals surface area contributed by atoms with Crippen LogP contribution in [0.25, 0.3) is 0 Å². The van der Waals surface area contributed by atoms with Gasteiger partial charge in [-0.1, -0.05) is 18.1 Å². The number of rotatable bonds is 2. The van der Waals surface area contributed by atoms with Crippen molar-refractivity contribution < 1.29 is 4.39 Å². The van der Waals surface area contributed by atoms with Crippen LogP contribution in [0.1, 0.15) is 17.2 Å². The summed E-state index contributed by atoms with van der Waals surface area (Å²) in [5.74, 6) is 2.22. The Morgan fingerprint density at radius 2 is 2.23 bits per heavy atom. The van der Waals surface area contributed by atoms with Crippen molar-refractivity contribution in [3.05, 3.63) is 35.1 Å². The van der Waals surface area contributed by atoms with Crippen molar-refractivity contribution in [1.29, 1.82) is 0 Å². The van der Waals surface area contributed by atoms with Crippen LogP contribution in [-0.2, 0) is 0 Å². The molecule has 1 aromatic rings. The van der Waals surface area contributed by atoms with Gasteiger partial charge in [-0.05, 0) is 25.6 Å². The van der Waals surface area contributed by atoms with E-state index in [0.29, 0.717) is 5.56 Å². The lowest BCUT2D eigenvalue weighted by atomic mass is 10.1. The molecule has 1 N–H and O–H groups in total. The van der Waals surface area contributed by atoms with Crippen LogP contribution in [0.4, 0.5) is 4.39 Å². The molecular weight excluding hydrogens is 165 g/mol. The van der Waals surface area contributed by atoms with Crippen molar-refractivity contribution >= 4 is 0 Å². The molecule has 0 saturated heterocycles. The number of benzene rings is 1. The quantitative estimate of drug-likeness (QED) is 0.681. The summed E-state index contributed by atoms with van der Waals surface area (Å²) in [4.78, 5) is 0. The van der Waals surface area contributed by atoms with Gasteiger partial charge in [0.2, 0.25) is 0 Å². The summed E-state index contributed by atoms with van der Waals surface area (Å²) in [6, 6.07) is 4.70. The third-order valence-electron chi connectivity index (χ3n) is 1.92. The van der Waals surface area contributed by atoms with Crippen LogP contribution in [0, 0.1) is 25.1 Å². The van der Waals surface area contributed by atoms with Crippen LogP contribution in [0.5, 0.6) is 0 Å². The van der Waals surface area contributed by atoms with Crippen LogP contribution in [0.2, 0.25) is 0 Å². The average molecular weight is 177 g/mol. The first kappa shape index (κ1) is 9.76. The van der Waals surface area contributed by atoms with Gasteiger partial charge in [0.15, 0.2) is 0 Å². The Labute approximate surface area is 78.0 Å². The van der Waals surface area contributed by atoms with Crippen LogP contribution < -0.4 is 5.32 Å². The van der Waals surface area contributed by atoms with Crippen molar-refractivity contribution in [2.75, 3.05) is 7.05 Å². The molecule has 0 radical (unpaired) electrons. The van der Waals surface area contributed by atoms with E-state index in [1.165, 1.54) is 6.07 Å². The van der Waals surface area contributed by atoms with E-state index in [0.717, 1.165) is 5.56 Å². The highest BCUT2D eigenvalue weighted by atomic mass is 19.1. The highest BCUT2D eigenvalue weighted by molar-refractivity contribution is 5.30. The topological polar surface area (TPSA) is 12.0 Å². The van der Waals surface area contributed by atoms with Gasteiger partial charge in [-0.3, -0.25) is 0 Å². The zero-order chi connectivity index (χ0) is 9.84. The SMILES string of the molecule is C#CC(NC)c1ccc(C)cc1F. The summed E-state index contributed by atoms with van der Waals surface area (Å²) < 4.78 is 13.3. The second-order valence-corrected chi connectivity index (χ2v) is 2.91. The van der Waals surface area contributed by atoms with Crippen molar-refractivity contribution in [1.82, 2.24) is 5.32 Å². The second kappa shape index (κ2) is 4.06. The molecule has 0 amide bonds. The van der Waals surface area contributed by atoms with Gasteiger partial charge in [0.25, 0.3) is 0 Å². The smallest absolute Gasteiger partial charge is 0.129 e. The zero-order valence-corrected chi connectivity index (χ0v) is 7.76. The Balaban J connectivity index is 3.09. The van der Waals surface area contributed by atoms with Gasteiger partial charge >= 0.3 is 0 Å². The normalized spacial score (nSPS) is 12.2. The molecule has 1 unspecified atom stereocenters. The summed E-state index contributed by atoms with van der Waals surface area (Å²) in [6.07, 6.45) is 5.24. The maximum atomic E-state index is 13.3. The molecule has 0 bridgehead atoms. The molecule has 2 heteroatoms. The number of nitrogens with one attached hydrogen (secondary N) is 1. The first-order valence-electron chi connectivity index (χ1n) is 4.08. The Bertz CT molecular complexity index is 338. The minimum Gasteiger partial charge on any atom is -0.303 e. The van der Waals surface area contributed by atoms with Crippen molar-refractivity contribution in [2.45, 2.75) is 13.0 Å². The highest BCUT2D eigenvalue weighted by Gasteiger charge is 2.10. The molecule has 0 aliphatic rings. The van der Waals surface area contributed by atoms with E-state index >= 15 is 0 Å². The van der Waals surface area contributed by atoms with Crippen molar-refractivity contribution in [2.24, 2.45) is 0 Å². The second-order valence-electron chi connectivity index (χ2n) is 2.91. The van der Waals surface area contributed by atoms with Crippen LogP contribution >= 0.6 is 0 Å². The molecule has 68 valence electrons. The Morgan fingerprint density at radius 1 is 1.54 bits per heavy atom. The summed E-state index contributed by atoms with van der Waals surface area (Å²) >= 11 is 0. The largest absolute Gasteiger partial charge is 0.303 e. The molecule has 13 heavy (non-hydrogen) atoms. The molecule has 1 atom stereocenters. The molecule has 0 fully saturated rings. The summed E-state index contributed by atoms with van der Waals surface area (Å²) in [7, 11) is 1.71. The minimum atomic E-state index is -0.347. The Kier molecular flexibility index (Phi) is 3.05. The van der Waals surface area contributed by atoms with Gasteiger partial charge in [0.1, 0.15) is 5.82 Å². The number of hydrogen-bond acceptors (Lipinski definition) is 1. The third kappa shape index (κ3) is 2.07. The molecular formula is C11H12FN. The molecule has 1 aromatic carbocycles. The standard InChI is InChI=1S/C11H12FN/c1-4-11(13-3)9-6-5-8(2)7-10(9)12/h1,5-7,11,13H,2-3H3. The maximum absolute atomic E-state index is 13.3. The Morgan fingerprint density at radius 3 is 2.69 bits per heavy atom. The van der Waals surface area contributed by atoms with Crippen molar-refractivity contribution in [3.63, 3.8) is 0 Å². The summed E-state index contributed by atoms with van der Waals surface area (Å²) in [6.45, 7) is 1.84. The van der Waals surface area contributed by atoms with E-state index in [2.05, 4.69) is 11.2 Å². The Hall–Kier alpha value is -1.33. The fraction of sp³-hybridized carbons (Fsp3) is 0.273. The predicted molar refractivity (Wildman–Crippen MR) is 51.8 cm³/mol. The molecule has 1 nitrogen and oxygen atoms in total. The lowest BCUT2D eigenvalue weighted by Crippen LogP contribution is -2.15. The molecule has 1 rings (SSSR count). The van der Waals surface area contributed by atoms with Gasteiger partial charge in [-0.2, -0.15) is 0 Å². The molecule has 0 saturated carbocycles. The summed E-state index contributed by atoms with van der Waals surface area (Å²) in [5.41, 5.74) is 1.42. The minimum absolute atomic E-state index is 0.252. The first-order chi connectivity index (χ1) is 6.19. The van der Waals surface area contributed by atoms with Crippen LogP contribution in [0.3, 0.4) is 0 Å². The average Bonchev–Trinajstić information content (AvgIpc) is 2.10. The lowest BCUT2D eigenvalue weighted by molar-refractivity contribution is 0.586. The number of halogens is 1. The number of hydrogen-bond donors (Lipinski definition) is 1. The third-order valence-corrected chi connectivity index (χ3v) is 1.92. The molecule has 0 spiro atoms. The maximum Gasteiger partial charge on any atom is 0.129 e. The molecule has 0 aliphatic carbocycles. The van der Waals surface area contributed by atoms with Gasteiger partial charge < -0.3 is 5.32 Å². The first-order valence-corrected chi connectivity index (χ1v) is 4.08. The van der Waals surface area contributed by atoms with Gasteiger partial charge in [-0.15, -0.1) is 6.42 Å². The van der Waals surface area contributed by atoms with E-state index in [1.807, 2.05) is 13.0 Å². The number of terminal acetylenes is 1. The monoisotopic (exact) mass is 177 g/mol. The van der Waals surface area contributed by atoms with E-state index in [1.54, 1.807) is 13.1 Å². The van der Waals surface area contributed by atoms with Crippen LogP contribution in [-0.4, -0.2) is 7.05 Å². The number of aryl methyl sites for hydroxylation is 1. The molecule has 0 aromatic heterocycles. The van der Waals surface area contributed by atoms with Gasteiger partial charge in [0, 0.05) is 5.56 Å². The zero-order valence-electron chi connectivity index (χ0n) is 7.76. The van der Waals surface area contributed by atoms with E-state index in [-0.39, 0.29) is 11.9 Å². The molecule has 0 aliphatic heterocycles. The van der Waals surface area contributed by atoms with Crippen LogP contribution in [0.15, 0.2) is 18.2 Å². The van der Waals surface area contributed by atoms with E-state index < -0.39 is 0 Å². The molecule has 0 heterocycles. The van der Waals surface area contributed by atoms with Gasteiger partial charge in [0.05, 0.1) is 6.04 Å². The van der Waals surface area contributed by atoms with E-state index in [4.69, 9.17) is 6.42 Å². The van der Waals surface area contributed by atoms with Gasteiger partial charge in [-0.25, -0.2) is 4.39 Å². The van der Waals surface area contributed by atoms with Crippen molar-refractivity contribution in [3.8, 4) is 12.3 Å². The fourth-order valence-electron chi connectivity index (χ4n) is 1.19. The van der Waals surface area contributed by atoms with E-state index in [9.17, 15) is 4.39 Å². The fourth-order valence-corrected chi connectivity index (χ4v) is 1.19. The lowest BCUT2D eigenvalue weighted by Gasteiger charge is -2.10.